The summed E-state index contributed by atoms with van der Waals surface area (Å²) >= 11 is 13.9. The standard InChI is InChI=1S/C28H22Cl2F2N2O2S.C2HF3O2/c1-36-25-14-17(7-12-22(25)30)28(16-35)13-3-6-24-26(28)34(19-10-8-18(31)9-11-19)27(33-24)37-15-20-21(29)4-2-5-23(20)32;3-2(4,5)1(6)7/h2,4-5,7-12,14,16H,3,6,13,15H2,1H3;(H,6,7). The van der Waals surface area contributed by atoms with Gasteiger partial charge >= 0.3 is 12.1 Å². The van der Waals surface area contributed by atoms with E-state index in [1.807, 2.05) is 10.6 Å². The van der Waals surface area contributed by atoms with Crippen molar-refractivity contribution in [2.45, 2.75) is 41.8 Å². The summed E-state index contributed by atoms with van der Waals surface area (Å²) in [4.78, 5) is 26.8. The number of fused-ring (bicyclic) bond motifs is 1. The van der Waals surface area contributed by atoms with Gasteiger partial charge in [-0.1, -0.05) is 47.1 Å². The summed E-state index contributed by atoms with van der Waals surface area (Å²) in [7, 11) is 1.52. The number of hydrogen-bond donors (Lipinski definition) is 1. The van der Waals surface area contributed by atoms with Crippen molar-refractivity contribution in [3.05, 3.63) is 105 Å². The zero-order valence-corrected chi connectivity index (χ0v) is 25.1. The molecule has 1 heterocycles. The van der Waals surface area contributed by atoms with Gasteiger partial charge in [-0.15, -0.1) is 0 Å². The second kappa shape index (κ2) is 13.6. The molecular weight excluding hydrogens is 650 g/mol. The summed E-state index contributed by atoms with van der Waals surface area (Å²) < 4.78 is 67.4. The van der Waals surface area contributed by atoms with E-state index < -0.39 is 23.4 Å². The fourth-order valence-electron chi connectivity index (χ4n) is 4.86. The van der Waals surface area contributed by atoms with Gasteiger partial charge in [-0.3, -0.25) is 4.57 Å². The molecule has 0 radical (unpaired) electrons. The van der Waals surface area contributed by atoms with Gasteiger partial charge in [0.15, 0.2) is 5.16 Å². The summed E-state index contributed by atoms with van der Waals surface area (Å²) in [6.45, 7) is 0. The number of aryl methyl sites for hydroxylation is 1. The molecule has 5 rings (SSSR count). The van der Waals surface area contributed by atoms with Gasteiger partial charge in [0.25, 0.3) is 0 Å². The fraction of sp³-hybridized carbons (Fsp3) is 0.233. The van der Waals surface area contributed by atoms with Crippen molar-refractivity contribution in [1.82, 2.24) is 9.55 Å². The van der Waals surface area contributed by atoms with Crippen LogP contribution in [-0.4, -0.2) is 40.2 Å². The number of aliphatic carboxylic acids is 1. The van der Waals surface area contributed by atoms with Gasteiger partial charge in [-0.05, 0) is 73.4 Å². The van der Waals surface area contributed by atoms with Crippen LogP contribution in [0.5, 0.6) is 5.75 Å². The first-order chi connectivity index (χ1) is 20.8. The smallest absolute Gasteiger partial charge is 0.490 e. The number of thioether (sulfide) groups is 1. The maximum atomic E-state index is 14.5. The number of methoxy groups -OCH3 is 1. The van der Waals surface area contributed by atoms with Gasteiger partial charge in [0, 0.05) is 22.0 Å². The highest BCUT2D eigenvalue weighted by molar-refractivity contribution is 7.98. The molecule has 0 fully saturated rings. The molecule has 0 saturated heterocycles. The number of carboxylic acids is 1. The third-order valence-electron chi connectivity index (χ3n) is 6.93. The van der Waals surface area contributed by atoms with Crippen molar-refractivity contribution < 1.29 is 41.4 Å². The first kappa shape index (κ1) is 33.3. The Morgan fingerprint density at radius 1 is 1.11 bits per heavy atom. The third kappa shape index (κ3) is 6.87. The van der Waals surface area contributed by atoms with Crippen LogP contribution in [0.4, 0.5) is 22.0 Å². The number of alkyl halides is 3. The molecule has 1 unspecified atom stereocenters. The zero-order chi connectivity index (χ0) is 32.2. The maximum absolute atomic E-state index is 14.5. The molecule has 0 aliphatic heterocycles. The number of carbonyl (C=O) groups is 2. The van der Waals surface area contributed by atoms with Crippen LogP contribution < -0.4 is 4.74 Å². The number of halogens is 7. The van der Waals surface area contributed by atoms with Crippen molar-refractivity contribution in [3.63, 3.8) is 0 Å². The van der Waals surface area contributed by atoms with Crippen molar-refractivity contribution in [3.8, 4) is 11.4 Å². The van der Waals surface area contributed by atoms with Gasteiger partial charge < -0.3 is 14.6 Å². The van der Waals surface area contributed by atoms with Crippen LogP contribution in [0.3, 0.4) is 0 Å². The lowest BCUT2D eigenvalue weighted by atomic mass is 9.70. The first-order valence-electron chi connectivity index (χ1n) is 12.9. The second-order valence-corrected chi connectivity index (χ2v) is 11.3. The van der Waals surface area contributed by atoms with Crippen LogP contribution in [0.15, 0.2) is 65.8 Å². The van der Waals surface area contributed by atoms with Crippen molar-refractivity contribution in [2.24, 2.45) is 0 Å². The van der Waals surface area contributed by atoms with Crippen LogP contribution in [-0.2, 0) is 27.2 Å². The van der Waals surface area contributed by atoms with Gasteiger partial charge in [0.2, 0.25) is 0 Å². The molecule has 1 aliphatic carbocycles. The molecule has 0 spiro atoms. The number of carboxylic acid groups (broad SMARTS) is 1. The molecule has 0 saturated carbocycles. The Morgan fingerprint density at radius 3 is 2.39 bits per heavy atom. The number of rotatable bonds is 7. The highest BCUT2D eigenvalue weighted by Gasteiger charge is 2.44. The van der Waals surface area contributed by atoms with Gasteiger partial charge in [-0.2, -0.15) is 13.2 Å². The molecule has 14 heteroatoms. The van der Waals surface area contributed by atoms with E-state index in [0.29, 0.717) is 50.7 Å². The molecule has 1 aromatic heterocycles. The van der Waals surface area contributed by atoms with Gasteiger partial charge in [-0.25, -0.2) is 18.6 Å². The molecule has 1 N–H and O–H groups in total. The molecule has 1 atom stereocenters. The van der Waals surface area contributed by atoms with E-state index in [-0.39, 0.29) is 11.6 Å². The molecule has 44 heavy (non-hydrogen) atoms. The lowest BCUT2D eigenvalue weighted by molar-refractivity contribution is -0.192. The monoisotopic (exact) mass is 672 g/mol. The van der Waals surface area contributed by atoms with Gasteiger partial charge in [0.05, 0.1) is 28.9 Å². The van der Waals surface area contributed by atoms with Gasteiger partial charge in [0.1, 0.15) is 23.7 Å². The van der Waals surface area contributed by atoms with Crippen molar-refractivity contribution >= 4 is 47.2 Å². The SMILES string of the molecule is COc1cc(C2(C=O)CCCc3nc(SCc4c(F)cccc4Cl)n(-c4ccc(F)cc4)c32)ccc1Cl.O=C(O)C(F)(F)F. The van der Waals surface area contributed by atoms with E-state index in [1.54, 1.807) is 36.4 Å². The number of nitrogens with zero attached hydrogens (tertiary/aromatic N) is 2. The van der Waals surface area contributed by atoms with E-state index in [4.69, 9.17) is 42.8 Å². The minimum atomic E-state index is -5.08. The predicted octanol–water partition coefficient (Wildman–Crippen LogP) is 8.21. The Morgan fingerprint density at radius 2 is 1.80 bits per heavy atom. The van der Waals surface area contributed by atoms with E-state index in [1.165, 1.54) is 37.1 Å². The Hall–Kier alpha value is -3.61. The molecule has 0 amide bonds. The molecule has 0 bridgehead atoms. The highest BCUT2D eigenvalue weighted by Crippen LogP contribution is 2.46. The van der Waals surface area contributed by atoms with Crippen LogP contribution in [0.1, 0.15) is 35.4 Å². The minimum absolute atomic E-state index is 0.228. The normalized spacial score (nSPS) is 16.0. The van der Waals surface area contributed by atoms with E-state index in [9.17, 15) is 26.7 Å². The summed E-state index contributed by atoms with van der Waals surface area (Å²) in [6.07, 6.45) is -2.19. The Kier molecular flexibility index (Phi) is 10.3. The van der Waals surface area contributed by atoms with Crippen LogP contribution in [0.25, 0.3) is 5.69 Å². The lowest BCUT2D eigenvalue weighted by Gasteiger charge is -2.34. The van der Waals surface area contributed by atoms with Crippen molar-refractivity contribution in [1.29, 1.82) is 0 Å². The molecule has 4 aromatic rings. The summed E-state index contributed by atoms with van der Waals surface area (Å²) in [5, 5.41) is 8.45. The number of hydrogen-bond acceptors (Lipinski definition) is 5. The second-order valence-electron chi connectivity index (χ2n) is 9.59. The Balaban J connectivity index is 0.000000566. The molecule has 3 aromatic carbocycles. The first-order valence-corrected chi connectivity index (χ1v) is 14.6. The maximum Gasteiger partial charge on any atom is 0.490 e. The summed E-state index contributed by atoms with van der Waals surface area (Å²) in [5.41, 5.74) is 2.16. The lowest BCUT2D eigenvalue weighted by Crippen LogP contribution is -2.36. The van der Waals surface area contributed by atoms with Crippen LogP contribution >= 0.6 is 35.0 Å². The quantitative estimate of drug-likeness (QED) is 0.121. The minimum Gasteiger partial charge on any atom is -0.495 e. The number of carbonyl (C=O) groups excluding carboxylic acids is 1. The summed E-state index contributed by atoms with van der Waals surface area (Å²) in [6, 6.07) is 15.9. The molecule has 1 aliphatic rings. The highest BCUT2D eigenvalue weighted by atomic mass is 35.5. The van der Waals surface area contributed by atoms with Crippen molar-refractivity contribution in [2.75, 3.05) is 7.11 Å². The average molecular weight is 673 g/mol. The fourth-order valence-corrected chi connectivity index (χ4v) is 6.43. The van der Waals surface area contributed by atoms with E-state index >= 15 is 0 Å². The zero-order valence-electron chi connectivity index (χ0n) is 22.8. The number of benzene rings is 3. The Labute approximate surface area is 262 Å². The van der Waals surface area contributed by atoms with E-state index in [2.05, 4.69) is 0 Å². The number of aldehydes is 1. The largest absolute Gasteiger partial charge is 0.495 e. The third-order valence-corrected chi connectivity index (χ3v) is 8.56. The Bertz CT molecular complexity index is 1660. The van der Waals surface area contributed by atoms with Crippen LogP contribution in [0, 0.1) is 11.6 Å². The topological polar surface area (TPSA) is 81.4 Å². The predicted molar refractivity (Wildman–Crippen MR) is 156 cm³/mol. The molecule has 6 nitrogen and oxygen atoms in total. The molecule has 232 valence electrons. The number of aromatic nitrogens is 2. The van der Waals surface area contributed by atoms with Crippen LogP contribution in [0.2, 0.25) is 10.0 Å². The molecular formula is C30H23Cl2F5N2O4S. The summed E-state index contributed by atoms with van der Waals surface area (Å²) in [5.74, 6) is -2.85. The average Bonchev–Trinajstić information content (AvgIpc) is 3.36. The number of ether oxygens (including phenoxy) is 1. The van der Waals surface area contributed by atoms with E-state index in [0.717, 1.165) is 24.0 Å². The number of imidazole rings is 1.